The van der Waals surface area contributed by atoms with Crippen LogP contribution in [-0.4, -0.2) is 28.3 Å². The zero-order valence-corrected chi connectivity index (χ0v) is 21.2. The number of rotatable bonds is 5. The minimum Gasteiger partial charge on any atom is -0.508 e. The smallest absolute Gasteiger partial charge is 0.120 e. The number of aromatic hydroxyl groups is 2. The van der Waals surface area contributed by atoms with Crippen LogP contribution in [0, 0.1) is 0 Å². The van der Waals surface area contributed by atoms with E-state index in [1.807, 2.05) is 36.4 Å². The maximum Gasteiger partial charge on any atom is 0.120 e. The van der Waals surface area contributed by atoms with E-state index in [1.54, 1.807) is 36.4 Å². The van der Waals surface area contributed by atoms with Crippen molar-refractivity contribution in [2.24, 2.45) is 0 Å². The van der Waals surface area contributed by atoms with E-state index < -0.39 is 6.04 Å². The number of benzene rings is 4. The fraction of sp³-hybridized carbons (Fsp3) is 0.200. The summed E-state index contributed by atoms with van der Waals surface area (Å²) >= 11 is 0. The highest BCUT2D eigenvalue weighted by atomic mass is 16.3. The number of anilines is 5. The molecule has 8 nitrogen and oxygen atoms in total. The molecule has 196 valence electrons. The number of hydrogen-bond acceptors (Lipinski definition) is 8. The van der Waals surface area contributed by atoms with E-state index >= 15 is 0 Å². The molecule has 5 rings (SSSR count). The Bertz CT molecular complexity index is 1360. The van der Waals surface area contributed by atoms with Gasteiger partial charge in [0.1, 0.15) is 11.5 Å². The number of hydrazine groups is 1. The Hall–Kier alpha value is -4.56. The van der Waals surface area contributed by atoms with Crippen LogP contribution in [0.3, 0.4) is 0 Å². The van der Waals surface area contributed by atoms with E-state index in [2.05, 4.69) is 22.2 Å². The lowest BCUT2D eigenvalue weighted by Crippen LogP contribution is -2.46. The molecule has 1 unspecified atom stereocenters. The van der Waals surface area contributed by atoms with Crippen molar-refractivity contribution >= 4 is 28.4 Å². The average molecular weight is 511 g/mol. The standard InChI is InChI=1S/C30H34N6O2/c31-21-5-3-19(4-6-21)20-2-1-15-35(25-11-7-22(32)8-12-25)36(18-20)30(26-16-23(33)9-13-28(26)37)27-17-24(34)10-14-29(27)38/h3-14,16-17,20,30,37-38H,1-2,15,18,31-34H2. The Labute approximate surface area is 222 Å². The molecule has 1 atom stereocenters. The maximum atomic E-state index is 11.1. The maximum absolute atomic E-state index is 11.1. The Morgan fingerprint density at radius 1 is 0.658 bits per heavy atom. The first-order chi connectivity index (χ1) is 18.3. The van der Waals surface area contributed by atoms with Crippen LogP contribution >= 0.6 is 0 Å². The van der Waals surface area contributed by atoms with Crippen LogP contribution in [0.4, 0.5) is 28.4 Å². The Morgan fingerprint density at radius 3 is 1.71 bits per heavy atom. The first kappa shape index (κ1) is 25.1. The van der Waals surface area contributed by atoms with Gasteiger partial charge in [0.05, 0.1) is 11.7 Å². The Balaban J connectivity index is 1.71. The molecule has 4 aromatic rings. The normalized spacial score (nSPS) is 16.4. The summed E-state index contributed by atoms with van der Waals surface area (Å²) in [5.41, 5.74) is 30.1. The molecule has 1 aliphatic heterocycles. The predicted molar refractivity (Wildman–Crippen MR) is 155 cm³/mol. The van der Waals surface area contributed by atoms with Gasteiger partial charge in [0.2, 0.25) is 0 Å². The molecule has 0 aliphatic carbocycles. The quantitative estimate of drug-likeness (QED) is 0.165. The first-order valence-electron chi connectivity index (χ1n) is 12.7. The topological polar surface area (TPSA) is 151 Å². The molecule has 1 fully saturated rings. The van der Waals surface area contributed by atoms with Gasteiger partial charge in [-0.3, -0.25) is 0 Å². The van der Waals surface area contributed by atoms with E-state index in [0.29, 0.717) is 34.7 Å². The molecule has 1 heterocycles. The summed E-state index contributed by atoms with van der Waals surface area (Å²) in [7, 11) is 0. The number of nitrogens with zero attached hydrogens (tertiary/aromatic N) is 2. The number of nitrogen functional groups attached to an aromatic ring is 4. The van der Waals surface area contributed by atoms with Gasteiger partial charge < -0.3 is 38.2 Å². The van der Waals surface area contributed by atoms with Gasteiger partial charge in [-0.1, -0.05) is 12.1 Å². The SMILES string of the molecule is Nc1ccc(C2CCCN(c3ccc(N)cc3)N(C(c3cc(N)ccc3O)c3cc(N)ccc3O)C2)cc1. The van der Waals surface area contributed by atoms with Crippen molar-refractivity contribution in [3.05, 3.63) is 102 Å². The van der Waals surface area contributed by atoms with Gasteiger partial charge in [0.15, 0.2) is 0 Å². The molecule has 1 aliphatic rings. The summed E-state index contributed by atoms with van der Waals surface area (Å²) in [6.45, 7) is 1.32. The van der Waals surface area contributed by atoms with Crippen molar-refractivity contribution < 1.29 is 10.2 Å². The fourth-order valence-corrected chi connectivity index (χ4v) is 5.31. The molecule has 0 radical (unpaired) electrons. The highest BCUT2D eigenvalue weighted by molar-refractivity contribution is 5.58. The van der Waals surface area contributed by atoms with Crippen LogP contribution in [-0.2, 0) is 0 Å². The largest absolute Gasteiger partial charge is 0.508 e. The minimum atomic E-state index is -0.589. The third kappa shape index (κ3) is 5.12. The second kappa shape index (κ2) is 10.4. The molecule has 0 spiro atoms. The molecule has 0 amide bonds. The van der Waals surface area contributed by atoms with Crippen LogP contribution in [0.2, 0.25) is 0 Å². The third-order valence-corrected chi connectivity index (χ3v) is 7.23. The van der Waals surface area contributed by atoms with Crippen molar-refractivity contribution in [1.29, 1.82) is 0 Å². The van der Waals surface area contributed by atoms with E-state index in [1.165, 1.54) is 5.56 Å². The predicted octanol–water partition coefficient (Wildman–Crippen LogP) is 4.82. The summed E-state index contributed by atoms with van der Waals surface area (Å²) in [4.78, 5) is 0. The van der Waals surface area contributed by atoms with E-state index in [9.17, 15) is 10.2 Å². The highest BCUT2D eigenvalue weighted by Gasteiger charge is 2.35. The summed E-state index contributed by atoms with van der Waals surface area (Å²) in [5, 5.41) is 26.6. The molecule has 0 bridgehead atoms. The highest BCUT2D eigenvalue weighted by Crippen LogP contribution is 2.44. The second-order valence-corrected chi connectivity index (χ2v) is 9.88. The van der Waals surface area contributed by atoms with Gasteiger partial charge in [-0.15, -0.1) is 0 Å². The molecule has 8 heteroatoms. The van der Waals surface area contributed by atoms with Crippen molar-refractivity contribution in [2.45, 2.75) is 24.8 Å². The van der Waals surface area contributed by atoms with Gasteiger partial charge in [-0.05, 0) is 97.1 Å². The Morgan fingerprint density at radius 2 is 1.16 bits per heavy atom. The Kier molecular flexibility index (Phi) is 6.89. The average Bonchev–Trinajstić information content (AvgIpc) is 3.12. The number of phenolic OH excluding ortho intramolecular Hbond substituents is 2. The number of nitrogens with two attached hydrogens (primary N) is 4. The third-order valence-electron chi connectivity index (χ3n) is 7.23. The zero-order valence-electron chi connectivity index (χ0n) is 21.2. The molecule has 0 saturated carbocycles. The molecule has 1 saturated heterocycles. The van der Waals surface area contributed by atoms with Crippen LogP contribution in [0.25, 0.3) is 0 Å². The van der Waals surface area contributed by atoms with Crippen LogP contribution < -0.4 is 27.9 Å². The van der Waals surface area contributed by atoms with Gasteiger partial charge in [-0.2, -0.15) is 0 Å². The lowest BCUT2D eigenvalue weighted by Gasteiger charge is -2.42. The summed E-state index contributed by atoms with van der Waals surface area (Å²) in [6, 6.07) is 25.1. The number of hydrogen-bond donors (Lipinski definition) is 6. The van der Waals surface area contributed by atoms with Crippen LogP contribution in [0.5, 0.6) is 11.5 Å². The second-order valence-electron chi connectivity index (χ2n) is 9.88. The summed E-state index contributed by atoms with van der Waals surface area (Å²) < 4.78 is 0. The summed E-state index contributed by atoms with van der Waals surface area (Å²) in [5.74, 6) is 0.330. The first-order valence-corrected chi connectivity index (χ1v) is 12.7. The number of phenols is 2. The van der Waals surface area contributed by atoms with Crippen molar-refractivity contribution in [1.82, 2.24) is 5.01 Å². The van der Waals surface area contributed by atoms with Crippen LogP contribution in [0.15, 0.2) is 84.9 Å². The molecule has 0 aromatic heterocycles. The van der Waals surface area contributed by atoms with Crippen LogP contribution in [0.1, 0.15) is 41.5 Å². The zero-order chi connectivity index (χ0) is 26.8. The van der Waals surface area contributed by atoms with Gasteiger partial charge >= 0.3 is 0 Å². The van der Waals surface area contributed by atoms with Crippen molar-refractivity contribution in [3.63, 3.8) is 0 Å². The molecular formula is C30H34N6O2. The molecule has 38 heavy (non-hydrogen) atoms. The minimum absolute atomic E-state index is 0.0802. The van der Waals surface area contributed by atoms with E-state index in [4.69, 9.17) is 22.9 Å². The van der Waals surface area contributed by atoms with E-state index in [-0.39, 0.29) is 17.4 Å². The monoisotopic (exact) mass is 510 g/mol. The van der Waals surface area contributed by atoms with Gasteiger partial charge in [-0.25, -0.2) is 5.01 Å². The van der Waals surface area contributed by atoms with E-state index in [0.717, 1.165) is 30.8 Å². The molecular weight excluding hydrogens is 476 g/mol. The lowest BCUT2D eigenvalue weighted by molar-refractivity contribution is 0.198. The molecule has 4 aromatic carbocycles. The van der Waals surface area contributed by atoms with Gasteiger partial charge in [0, 0.05) is 47.0 Å². The van der Waals surface area contributed by atoms with Crippen molar-refractivity contribution in [2.75, 3.05) is 41.0 Å². The fourth-order valence-electron chi connectivity index (χ4n) is 5.31. The lowest BCUT2D eigenvalue weighted by atomic mass is 9.91. The van der Waals surface area contributed by atoms with Gasteiger partial charge in [0.25, 0.3) is 0 Å². The van der Waals surface area contributed by atoms with Crippen molar-refractivity contribution in [3.8, 4) is 11.5 Å². The summed E-state index contributed by atoms with van der Waals surface area (Å²) in [6.07, 6.45) is 1.87. The molecule has 10 N–H and O–H groups in total.